The van der Waals surface area contributed by atoms with E-state index in [0.29, 0.717) is 0 Å². The Morgan fingerprint density at radius 2 is 2.11 bits per heavy atom. The maximum Gasteiger partial charge on any atom is 0.167 e. The van der Waals surface area contributed by atoms with Crippen molar-refractivity contribution in [1.82, 2.24) is 0 Å². The molecule has 1 aromatic heterocycles. The van der Waals surface area contributed by atoms with Crippen molar-refractivity contribution in [2.24, 2.45) is 0 Å². The Labute approximate surface area is 110 Å². The molecule has 0 aliphatic carbocycles. The molecule has 1 unspecified atom stereocenters. The lowest BCUT2D eigenvalue weighted by molar-refractivity contribution is 0.386. The minimum atomic E-state index is -0.349. The Hall–Kier alpha value is -1.55. The second-order valence-electron chi connectivity index (χ2n) is 4.18. The first kappa shape index (κ1) is 12.9. The van der Waals surface area contributed by atoms with Gasteiger partial charge < -0.3 is 10.1 Å². The third kappa shape index (κ3) is 2.64. The van der Waals surface area contributed by atoms with E-state index in [1.54, 1.807) is 17.4 Å². The van der Waals surface area contributed by atoms with Crippen molar-refractivity contribution in [3.8, 4) is 5.75 Å². The van der Waals surface area contributed by atoms with Crippen molar-refractivity contribution in [3.63, 3.8) is 0 Å². The molecule has 0 aliphatic heterocycles. The number of anilines is 1. The van der Waals surface area contributed by atoms with Crippen molar-refractivity contribution in [1.29, 1.82) is 0 Å². The Morgan fingerprint density at radius 3 is 2.67 bits per heavy atom. The molecule has 18 heavy (non-hydrogen) atoms. The van der Waals surface area contributed by atoms with Gasteiger partial charge in [-0.25, -0.2) is 4.39 Å². The number of benzene rings is 1. The second-order valence-corrected chi connectivity index (χ2v) is 5.13. The van der Waals surface area contributed by atoms with Gasteiger partial charge in [-0.05, 0) is 43.0 Å². The Bertz CT molecular complexity index is 538. The van der Waals surface area contributed by atoms with E-state index in [0.717, 1.165) is 5.69 Å². The van der Waals surface area contributed by atoms with Crippen molar-refractivity contribution in [2.45, 2.75) is 19.9 Å². The van der Waals surface area contributed by atoms with Crippen LogP contribution < -0.4 is 10.1 Å². The summed E-state index contributed by atoms with van der Waals surface area (Å²) in [7, 11) is 1.46. The third-order valence-corrected chi connectivity index (χ3v) is 4.03. The number of methoxy groups -OCH3 is 1. The Morgan fingerprint density at radius 1 is 1.33 bits per heavy atom. The molecule has 0 aliphatic rings. The van der Waals surface area contributed by atoms with Gasteiger partial charge in [0.2, 0.25) is 0 Å². The molecule has 0 saturated carbocycles. The number of hydrogen-bond donors (Lipinski definition) is 1. The van der Waals surface area contributed by atoms with E-state index >= 15 is 0 Å². The third-order valence-electron chi connectivity index (χ3n) is 2.83. The maximum absolute atomic E-state index is 13.6. The molecule has 1 N–H and O–H groups in total. The molecule has 1 heterocycles. The zero-order valence-electron chi connectivity index (χ0n) is 10.7. The smallest absolute Gasteiger partial charge is 0.167 e. The van der Waals surface area contributed by atoms with Gasteiger partial charge in [-0.1, -0.05) is 0 Å². The van der Waals surface area contributed by atoms with Crippen molar-refractivity contribution < 1.29 is 9.13 Å². The average Bonchev–Trinajstić information content (AvgIpc) is 2.76. The fraction of sp³-hybridized carbons (Fsp3) is 0.286. The Balaban J connectivity index is 2.15. The first-order chi connectivity index (χ1) is 8.61. The SMILES string of the molecule is COc1ccc(NC(C)c2sccc2C)cc1F. The quantitative estimate of drug-likeness (QED) is 0.886. The van der Waals surface area contributed by atoms with Crippen LogP contribution in [0.15, 0.2) is 29.6 Å². The minimum Gasteiger partial charge on any atom is -0.494 e. The highest BCUT2D eigenvalue weighted by atomic mass is 32.1. The summed E-state index contributed by atoms with van der Waals surface area (Å²) in [5, 5.41) is 5.36. The molecule has 0 spiro atoms. The topological polar surface area (TPSA) is 21.3 Å². The lowest BCUT2D eigenvalue weighted by Gasteiger charge is -2.15. The number of hydrogen-bond acceptors (Lipinski definition) is 3. The first-order valence-electron chi connectivity index (χ1n) is 5.76. The van der Waals surface area contributed by atoms with Gasteiger partial charge in [0.15, 0.2) is 11.6 Å². The van der Waals surface area contributed by atoms with Crippen LogP contribution in [0.2, 0.25) is 0 Å². The molecule has 1 atom stereocenters. The molecule has 0 fully saturated rings. The van der Waals surface area contributed by atoms with E-state index in [1.807, 2.05) is 6.07 Å². The fourth-order valence-corrected chi connectivity index (χ4v) is 2.84. The molecule has 0 radical (unpaired) electrons. The van der Waals surface area contributed by atoms with Gasteiger partial charge in [0, 0.05) is 16.6 Å². The van der Waals surface area contributed by atoms with Crippen molar-refractivity contribution in [3.05, 3.63) is 45.9 Å². The summed E-state index contributed by atoms with van der Waals surface area (Å²) >= 11 is 1.71. The van der Waals surface area contributed by atoms with Gasteiger partial charge in [0.05, 0.1) is 13.2 Å². The highest BCUT2D eigenvalue weighted by Crippen LogP contribution is 2.28. The predicted octanol–water partition coefficient (Wildman–Crippen LogP) is 4.38. The molecule has 0 amide bonds. The van der Waals surface area contributed by atoms with E-state index in [9.17, 15) is 4.39 Å². The van der Waals surface area contributed by atoms with E-state index in [4.69, 9.17) is 4.74 Å². The van der Waals surface area contributed by atoms with Crippen molar-refractivity contribution in [2.75, 3.05) is 12.4 Å². The van der Waals surface area contributed by atoms with E-state index < -0.39 is 0 Å². The fourth-order valence-electron chi connectivity index (χ4n) is 1.90. The largest absolute Gasteiger partial charge is 0.494 e. The Kier molecular flexibility index (Phi) is 3.87. The van der Waals surface area contributed by atoms with Gasteiger partial charge in [-0.3, -0.25) is 0 Å². The van der Waals surface area contributed by atoms with Gasteiger partial charge in [-0.2, -0.15) is 0 Å². The first-order valence-corrected chi connectivity index (χ1v) is 6.64. The molecule has 1 aromatic carbocycles. The van der Waals surface area contributed by atoms with Gasteiger partial charge >= 0.3 is 0 Å². The molecule has 4 heteroatoms. The van der Waals surface area contributed by atoms with Crippen LogP contribution in [0.5, 0.6) is 5.75 Å². The van der Waals surface area contributed by atoms with Crippen LogP contribution in [0.3, 0.4) is 0 Å². The number of halogens is 1. The summed E-state index contributed by atoms with van der Waals surface area (Å²) in [4.78, 5) is 1.27. The van der Waals surface area contributed by atoms with E-state index in [2.05, 4.69) is 30.6 Å². The van der Waals surface area contributed by atoms with Gasteiger partial charge in [-0.15, -0.1) is 11.3 Å². The van der Waals surface area contributed by atoms with Crippen LogP contribution in [0.1, 0.15) is 23.4 Å². The number of rotatable bonds is 4. The summed E-state index contributed by atoms with van der Waals surface area (Å²) in [5.74, 6) is -0.0851. The monoisotopic (exact) mass is 265 g/mol. The highest BCUT2D eigenvalue weighted by molar-refractivity contribution is 7.10. The summed E-state index contributed by atoms with van der Waals surface area (Å²) in [6, 6.07) is 7.16. The van der Waals surface area contributed by atoms with Gasteiger partial charge in [0.1, 0.15) is 0 Å². The second kappa shape index (κ2) is 5.40. The van der Waals surface area contributed by atoms with Gasteiger partial charge in [0.25, 0.3) is 0 Å². The number of nitrogens with one attached hydrogen (secondary N) is 1. The zero-order chi connectivity index (χ0) is 13.1. The average molecular weight is 265 g/mol. The summed E-state index contributed by atoms with van der Waals surface area (Å²) < 4.78 is 18.5. The molecule has 2 nitrogen and oxygen atoms in total. The lowest BCUT2D eigenvalue weighted by Crippen LogP contribution is -2.06. The van der Waals surface area contributed by atoms with Crippen LogP contribution in [0.25, 0.3) is 0 Å². The summed E-state index contributed by atoms with van der Waals surface area (Å²) in [6.07, 6.45) is 0. The minimum absolute atomic E-state index is 0.165. The highest BCUT2D eigenvalue weighted by Gasteiger charge is 2.11. The maximum atomic E-state index is 13.6. The van der Waals surface area contributed by atoms with E-state index in [1.165, 1.54) is 23.6 Å². The number of thiophene rings is 1. The lowest BCUT2D eigenvalue weighted by atomic mass is 10.2. The molecule has 96 valence electrons. The van der Waals surface area contributed by atoms with Crippen LogP contribution in [-0.2, 0) is 0 Å². The van der Waals surface area contributed by atoms with Crippen LogP contribution >= 0.6 is 11.3 Å². The molecular formula is C14H16FNOS. The standard InChI is InChI=1S/C14H16FNOS/c1-9-6-7-18-14(9)10(2)16-11-4-5-13(17-3)12(15)8-11/h4-8,10,16H,1-3H3. The van der Waals surface area contributed by atoms with Crippen LogP contribution in [0, 0.1) is 12.7 Å². The molecule has 2 rings (SSSR count). The number of ether oxygens (including phenoxy) is 1. The zero-order valence-corrected chi connectivity index (χ0v) is 11.5. The van der Waals surface area contributed by atoms with Crippen LogP contribution in [-0.4, -0.2) is 7.11 Å². The summed E-state index contributed by atoms with van der Waals surface area (Å²) in [6.45, 7) is 4.15. The molecular weight excluding hydrogens is 249 g/mol. The summed E-state index contributed by atoms with van der Waals surface area (Å²) in [5.41, 5.74) is 2.02. The molecule has 2 aromatic rings. The van der Waals surface area contributed by atoms with E-state index in [-0.39, 0.29) is 17.6 Å². The molecule has 0 saturated heterocycles. The van der Waals surface area contributed by atoms with Crippen LogP contribution in [0.4, 0.5) is 10.1 Å². The number of aryl methyl sites for hydroxylation is 1. The molecule has 0 bridgehead atoms. The normalized spacial score (nSPS) is 12.2. The van der Waals surface area contributed by atoms with Crippen molar-refractivity contribution >= 4 is 17.0 Å². The predicted molar refractivity (Wildman–Crippen MR) is 74.0 cm³/mol.